The van der Waals surface area contributed by atoms with Gasteiger partial charge < -0.3 is 5.32 Å². The number of halogens is 1. The van der Waals surface area contributed by atoms with Gasteiger partial charge in [-0.3, -0.25) is 4.79 Å². The molecule has 2 saturated carbocycles. The largest absolute Gasteiger partial charge is 0.326 e. The Bertz CT molecular complexity index is 461. The van der Waals surface area contributed by atoms with Crippen LogP contribution < -0.4 is 5.32 Å². The van der Waals surface area contributed by atoms with E-state index in [9.17, 15) is 4.79 Å². The molecule has 1 aromatic rings. The maximum Gasteiger partial charge on any atom is 0.227 e. The topological polar surface area (TPSA) is 29.1 Å². The summed E-state index contributed by atoms with van der Waals surface area (Å²) in [6.07, 6.45) is 3.59. The van der Waals surface area contributed by atoms with Gasteiger partial charge >= 0.3 is 0 Å². The molecule has 0 saturated heterocycles. The molecule has 2 nitrogen and oxygen atoms in total. The zero-order chi connectivity index (χ0) is 12.0. The molecule has 0 spiro atoms. The van der Waals surface area contributed by atoms with E-state index < -0.39 is 0 Å². The van der Waals surface area contributed by atoms with Crippen molar-refractivity contribution in [2.45, 2.75) is 26.2 Å². The summed E-state index contributed by atoms with van der Waals surface area (Å²) in [5.74, 6) is 2.21. The van der Waals surface area contributed by atoms with E-state index >= 15 is 0 Å². The summed E-state index contributed by atoms with van der Waals surface area (Å²) in [6, 6.07) is 6.14. The number of carbonyl (C=O) groups is 1. The third-order valence-electron chi connectivity index (χ3n) is 4.06. The molecule has 90 valence electrons. The molecule has 3 rings (SSSR count). The second kappa shape index (κ2) is 4.26. The summed E-state index contributed by atoms with van der Waals surface area (Å²) < 4.78 is 1.21. The Morgan fingerprint density at radius 3 is 2.65 bits per heavy atom. The molecule has 1 N–H and O–H groups in total. The van der Waals surface area contributed by atoms with Crippen molar-refractivity contribution in [2.75, 3.05) is 5.32 Å². The molecule has 0 aromatic heterocycles. The number of hydrogen-bond donors (Lipinski definition) is 1. The van der Waals surface area contributed by atoms with E-state index in [4.69, 9.17) is 0 Å². The Kier molecular flexibility index (Phi) is 2.89. The van der Waals surface area contributed by atoms with E-state index in [-0.39, 0.29) is 11.8 Å². The number of aryl methyl sites for hydroxylation is 1. The van der Waals surface area contributed by atoms with Crippen LogP contribution >= 0.6 is 22.6 Å². The quantitative estimate of drug-likeness (QED) is 0.819. The molecule has 2 fully saturated rings. The first-order chi connectivity index (χ1) is 8.13. The van der Waals surface area contributed by atoms with Crippen LogP contribution in [0.3, 0.4) is 0 Å². The van der Waals surface area contributed by atoms with Crippen molar-refractivity contribution >= 4 is 34.2 Å². The van der Waals surface area contributed by atoms with Crippen molar-refractivity contribution < 1.29 is 4.79 Å². The molecule has 1 amide bonds. The van der Waals surface area contributed by atoms with Crippen molar-refractivity contribution in [1.29, 1.82) is 0 Å². The first-order valence-electron chi connectivity index (χ1n) is 6.20. The van der Waals surface area contributed by atoms with Gasteiger partial charge in [0.05, 0.1) is 0 Å². The lowest BCUT2D eigenvalue weighted by molar-refractivity contribution is -0.120. The summed E-state index contributed by atoms with van der Waals surface area (Å²) in [7, 11) is 0. The highest BCUT2D eigenvalue weighted by atomic mass is 127. The van der Waals surface area contributed by atoms with Crippen molar-refractivity contribution in [3.63, 3.8) is 0 Å². The smallest absolute Gasteiger partial charge is 0.227 e. The third-order valence-corrected chi connectivity index (χ3v) is 4.73. The highest BCUT2D eigenvalue weighted by Gasteiger charge is 2.47. The molecule has 17 heavy (non-hydrogen) atoms. The van der Waals surface area contributed by atoms with Gasteiger partial charge in [-0.25, -0.2) is 0 Å². The van der Waals surface area contributed by atoms with Gasteiger partial charge in [-0.05, 0) is 84.4 Å². The van der Waals surface area contributed by atoms with Gasteiger partial charge in [0, 0.05) is 15.2 Å². The van der Waals surface area contributed by atoms with Crippen LogP contribution in [0.2, 0.25) is 0 Å². The zero-order valence-corrected chi connectivity index (χ0v) is 12.0. The molecule has 0 radical (unpaired) electrons. The molecule has 3 heteroatoms. The van der Waals surface area contributed by atoms with Crippen molar-refractivity contribution in [3.05, 3.63) is 27.3 Å². The van der Waals surface area contributed by atoms with Crippen molar-refractivity contribution in [3.8, 4) is 0 Å². The summed E-state index contributed by atoms with van der Waals surface area (Å²) in [6.45, 7) is 2.05. The molecule has 0 bridgehead atoms. The lowest BCUT2D eigenvalue weighted by atomic mass is 10.0. The maximum atomic E-state index is 12.1. The minimum Gasteiger partial charge on any atom is -0.326 e. The van der Waals surface area contributed by atoms with Gasteiger partial charge in [0.25, 0.3) is 0 Å². The third kappa shape index (κ3) is 2.34. The van der Waals surface area contributed by atoms with E-state index in [2.05, 4.69) is 34.0 Å². The summed E-state index contributed by atoms with van der Waals surface area (Å²) in [5, 5.41) is 3.08. The Morgan fingerprint density at radius 1 is 1.29 bits per heavy atom. The predicted octanol–water partition coefficient (Wildman–Crippen LogP) is 3.58. The standard InChI is InChI=1S/C14H16INO/c1-8-4-12(15)2-3-13(8)16-14(17)11-6-9-5-10(9)7-11/h2-4,9-11H,5-7H2,1H3,(H,16,17). The number of amides is 1. The molecule has 0 aliphatic heterocycles. The highest BCUT2D eigenvalue weighted by molar-refractivity contribution is 14.1. The minimum atomic E-state index is 0.224. The van der Waals surface area contributed by atoms with Gasteiger partial charge in [-0.2, -0.15) is 0 Å². The summed E-state index contributed by atoms with van der Waals surface area (Å²) in [4.78, 5) is 12.1. The lowest BCUT2D eigenvalue weighted by Crippen LogP contribution is -2.22. The van der Waals surface area contributed by atoms with Crippen LogP contribution in [0.15, 0.2) is 18.2 Å². The number of carbonyl (C=O) groups excluding carboxylic acids is 1. The number of rotatable bonds is 2. The van der Waals surface area contributed by atoms with Gasteiger partial charge in [0.1, 0.15) is 0 Å². The average Bonchev–Trinajstić information content (AvgIpc) is 2.89. The van der Waals surface area contributed by atoms with E-state index in [1.807, 2.05) is 19.1 Å². The summed E-state index contributed by atoms with van der Waals surface area (Å²) in [5.41, 5.74) is 2.12. The van der Waals surface area contributed by atoms with E-state index in [0.717, 1.165) is 35.9 Å². The lowest BCUT2D eigenvalue weighted by Gasteiger charge is -2.14. The van der Waals surface area contributed by atoms with E-state index in [1.54, 1.807) is 0 Å². The Hall–Kier alpha value is -0.580. The SMILES string of the molecule is Cc1cc(I)ccc1NC(=O)C1CC2CC2C1. The number of hydrogen-bond acceptors (Lipinski definition) is 1. The number of benzene rings is 1. The van der Waals surface area contributed by atoms with Crippen LogP contribution in [-0.4, -0.2) is 5.91 Å². The minimum absolute atomic E-state index is 0.224. The second-order valence-electron chi connectivity index (χ2n) is 5.37. The zero-order valence-electron chi connectivity index (χ0n) is 9.87. The molecule has 0 heterocycles. The fourth-order valence-corrected chi connectivity index (χ4v) is 3.58. The first-order valence-corrected chi connectivity index (χ1v) is 7.28. The second-order valence-corrected chi connectivity index (χ2v) is 6.62. The monoisotopic (exact) mass is 341 g/mol. The van der Waals surface area contributed by atoms with E-state index in [1.165, 1.54) is 9.99 Å². The van der Waals surface area contributed by atoms with Gasteiger partial charge in [-0.1, -0.05) is 0 Å². The van der Waals surface area contributed by atoms with Crippen LogP contribution in [0, 0.1) is 28.2 Å². The van der Waals surface area contributed by atoms with Crippen LogP contribution in [-0.2, 0) is 4.79 Å². The molecule has 2 aliphatic carbocycles. The molecule has 2 atom stereocenters. The van der Waals surface area contributed by atoms with Gasteiger partial charge in [0.2, 0.25) is 5.91 Å². The Balaban J connectivity index is 1.67. The molecule has 1 aromatic carbocycles. The van der Waals surface area contributed by atoms with Crippen LogP contribution in [0.25, 0.3) is 0 Å². The van der Waals surface area contributed by atoms with Crippen LogP contribution in [0.1, 0.15) is 24.8 Å². The maximum absolute atomic E-state index is 12.1. The van der Waals surface area contributed by atoms with Crippen molar-refractivity contribution in [1.82, 2.24) is 0 Å². The first kappa shape index (κ1) is 11.5. The molecule has 2 aliphatic rings. The Labute approximate surface area is 115 Å². The normalized spacial score (nSPS) is 29.9. The number of nitrogens with one attached hydrogen (secondary N) is 1. The molecular formula is C14H16INO. The average molecular weight is 341 g/mol. The predicted molar refractivity (Wildman–Crippen MR) is 76.8 cm³/mol. The van der Waals surface area contributed by atoms with Crippen molar-refractivity contribution in [2.24, 2.45) is 17.8 Å². The van der Waals surface area contributed by atoms with Gasteiger partial charge in [-0.15, -0.1) is 0 Å². The van der Waals surface area contributed by atoms with Crippen LogP contribution in [0.5, 0.6) is 0 Å². The molecule has 2 unspecified atom stereocenters. The van der Waals surface area contributed by atoms with E-state index in [0.29, 0.717) is 0 Å². The fraction of sp³-hybridized carbons (Fsp3) is 0.500. The fourth-order valence-electron chi connectivity index (χ4n) is 2.93. The molecular weight excluding hydrogens is 325 g/mol. The number of fused-ring (bicyclic) bond motifs is 1. The summed E-state index contributed by atoms with van der Waals surface area (Å²) >= 11 is 2.29. The highest BCUT2D eigenvalue weighted by Crippen LogP contribution is 2.54. The number of anilines is 1. The van der Waals surface area contributed by atoms with Gasteiger partial charge in [0.15, 0.2) is 0 Å². The Morgan fingerprint density at radius 2 is 2.00 bits per heavy atom. The van der Waals surface area contributed by atoms with Crippen LogP contribution in [0.4, 0.5) is 5.69 Å².